The predicted molar refractivity (Wildman–Crippen MR) is 36.3 cm³/mol. The Morgan fingerprint density at radius 1 is 1.58 bits per heavy atom. The van der Waals surface area contributed by atoms with E-state index in [-0.39, 0.29) is 11.4 Å². The zero-order valence-electron chi connectivity index (χ0n) is 5.94. The molecule has 64 valence electrons. The van der Waals surface area contributed by atoms with Crippen molar-refractivity contribution in [2.75, 3.05) is 6.73 Å². The summed E-state index contributed by atoms with van der Waals surface area (Å²) < 4.78 is 0. The van der Waals surface area contributed by atoms with E-state index in [2.05, 4.69) is 10.2 Å². The first-order chi connectivity index (χ1) is 5.66. The van der Waals surface area contributed by atoms with Crippen LogP contribution in [0.5, 0.6) is 0 Å². The number of azo groups is 1. The number of rotatable bonds is 2. The van der Waals surface area contributed by atoms with Crippen LogP contribution in [-0.2, 0) is 9.59 Å². The van der Waals surface area contributed by atoms with Crippen molar-refractivity contribution in [3.8, 4) is 0 Å². The van der Waals surface area contributed by atoms with Gasteiger partial charge in [0.1, 0.15) is 12.4 Å². The molecule has 0 spiro atoms. The molecule has 0 bridgehead atoms. The summed E-state index contributed by atoms with van der Waals surface area (Å²) in [5.41, 5.74) is 4.59. The predicted octanol–water partition coefficient (Wildman–Crippen LogP) is -1.78. The van der Waals surface area contributed by atoms with Crippen LogP contribution in [0, 0.1) is 0 Å². The van der Waals surface area contributed by atoms with Crippen LogP contribution in [0.2, 0.25) is 0 Å². The minimum Gasteiger partial charge on any atom is -0.392 e. The summed E-state index contributed by atoms with van der Waals surface area (Å²) in [5.74, 6) is -1.46. The molecule has 0 saturated heterocycles. The first-order valence-electron chi connectivity index (χ1n) is 3.01. The topological polar surface area (TPSA) is 117 Å². The van der Waals surface area contributed by atoms with Gasteiger partial charge >= 0.3 is 5.91 Å². The van der Waals surface area contributed by atoms with E-state index in [1.165, 1.54) is 0 Å². The first kappa shape index (κ1) is 8.34. The fourth-order valence-corrected chi connectivity index (χ4v) is 0.628. The number of aliphatic hydroxyl groups excluding tert-OH is 1. The molecule has 0 fully saturated rings. The van der Waals surface area contributed by atoms with E-state index < -0.39 is 18.5 Å². The minimum atomic E-state index is -0.738. The van der Waals surface area contributed by atoms with Crippen molar-refractivity contribution in [3.63, 3.8) is 0 Å². The molecular formula is C5H6N4O3. The summed E-state index contributed by atoms with van der Waals surface area (Å²) >= 11 is 0. The van der Waals surface area contributed by atoms with Crippen molar-refractivity contribution in [2.45, 2.75) is 0 Å². The summed E-state index contributed by atoms with van der Waals surface area (Å²) in [5, 5.41) is 16.6. The van der Waals surface area contributed by atoms with E-state index in [0.717, 1.165) is 0 Å². The molecule has 1 aliphatic heterocycles. The van der Waals surface area contributed by atoms with Gasteiger partial charge in [-0.2, -0.15) is 0 Å². The molecule has 0 radical (unpaired) electrons. The monoisotopic (exact) mass is 170 g/mol. The van der Waals surface area contributed by atoms with E-state index in [1.807, 2.05) is 5.32 Å². The van der Waals surface area contributed by atoms with Crippen LogP contribution in [0.1, 0.15) is 0 Å². The van der Waals surface area contributed by atoms with Gasteiger partial charge in [0.2, 0.25) is 0 Å². The van der Waals surface area contributed by atoms with Crippen molar-refractivity contribution in [1.29, 1.82) is 0 Å². The van der Waals surface area contributed by atoms with Crippen LogP contribution in [0.15, 0.2) is 21.6 Å². The fourth-order valence-electron chi connectivity index (χ4n) is 0.628. The second-order valence-electron chi connectivity index (χ2n) is 1.93. The van der Waals surface area contributed by atoms with E-state index in [1.54, 1.807) is 0 Å². The lowest BCUT2D eigenvalue weighted by atomic mass is 10.3. The van der Waals surface area contributed by atoms with Gasteiger partial charge in [0.05, 0.1) is 0 Å². The van der Waals surface area contributed by atoms with Gasteiger partial charge in [-0.15, -0.1) is 10.2 Å². The van der Waals surface area contributed by atoms with Gasteiger partial charge in [-0.1, -0.05) is 0 Å². The Labute approximate surface area is 67.0 Å². The molecule has 0 unspecified atom stereocenters. The lowest BCUT2D eigenvalue weighted by molar-refractivity contribution is -0.119. The molecule has 2 amide bonds. The van der Waals surface area contributed by atoms with Gasteiger partial charge < -0.3 is 16.2 Å². The fraction of sp³-hybridized carbons (Fsp3) is 0.200. The highest BCUT2D eigenvalue weighted by atomic mass is 16.3. The molecule has 1 heterocycles. The van der Waals surface area contributed by atoms with E-state index in [0.29, 0.717) is 0 Å². The maximum Gasteiger partial charge on any atom is 0.313 e. The number of aliphatic hydroxyl groups is 1. The number of nitrogens with two attached hydrogens (primary N) is 1. The van der Waals surface area contributed by atoms with Crippen LogP contribution in [-0.4, -0.2) is 23.7 Å². The average Bonchev–Trinajstić information content (AvgIpc) is 2.34. The summed E-state index contributed by atoms with van der Waals surface area (Å²) in [7, 11) is 0. The number of hydrogen-bond acceptors (Lipinski definition) is 5. The van der Waals surface area contributed by atoms with Gasteiger partial charge in [-0.25, -0.2) is 0 Å². The summed E-state index contributed by atoms with van der Waals surface area (Å²) in [4.78, 5) is 21.5. The molecule has 0 aromatic heterocycles. The van der Waals surface area contributed by atoms with E-state index in [9.17, 15) is 9.59 Å². The third-order valence-corrected chi connectivity index (χ3v) is 1.18. The molecule has 1 rings (SSSR count). The highest BCUT2D eigenvalue weighted by molar-refractivity contribution is 6.06. The average molecular weight is 170 g/mol. The molecule has 0 saturated carbocycles. The molecule has 7 nitrogen and oxygen atoms in total. The smallest absolute Gasteiger partial charge is 0.313 e. The van der Waals surface area contributed by atoms with Gasteiger partial charge in [0, 0.05) is 0 Å². The molecule has 1 aliphatic rings. The second-order valence-corrected chi connectivity index (χ2v) is 1.93. The number of amides is 2. The number of nitrogens with one attached hydrogen (secondary N) is 1. The number of hydrogen-bond donors (Lipinski definition) is 3. The zero-order valence-corrected chi connectivity index (χ0v) is 5.94. The molecular weight excluding hydrogens is 164 g/mol. The van der Waals surface area contributed by atoms with Crippen LogP contribution in [0.3, 0.4) is 0 Å². The summed E-state index contributed by atoms with van der Waals surface area (Å²) in [6, 6.07) is 0. The lowest BCUT2D eigenvalue weighted by Crippen LogP contribution is -2.26. The number of nitrogens with zero attached hydrogens (tertiary/aromatic N) is 2. The van der Waals surface area contributed by atoms with Crippen molar-refractivity contribution >= 4 is 11.8 Å². The van der Waals surface area contributed by atoms with E-state index >= 15 is 0 Å². The highest BCUT2D eigenvalue weighted by Crippen LogP contribution is 2.11. The molecule has 0 aliphatic carbocycles. The Hall–Kier alpha value is -1.76. The van der Waals surface area contributed by atoms with Crippen molar-refractivity contribution in [3.05, 3.63) is 11.4 Å². The quantitative estimate of drug-likeness (QED) is 0.424. The van der Waals surface area contributed by atoms with Crippen molar-refractivity contribution in [2.24, 2.45) is 16.0 Å². The lowest BCUT2D eigenvalue weighted by Gasteiger charge is -1.97. The normalized spacial score (nSPS) is 15.6. The molecule has 4 N–H and O–H groups in total. The molecule has 0 aromatic rings. The molecule has 0 aromatic carbocycles. The Kier molecular flexibility index (Phi) is 2.15. The second kappa shape index (κ2) is 3.09. The molecule has 0 atom stereocenters. The number of carbonyl (C=O) groups excluding carboxylic acids is 2. The largest absolute Gasteiger partial charge is 0.392 e. The van der Waals surface area contributed by atoms with Crippen LogP contribution in [0.25, 0.3) is 0 Å². The van der Waals surface area contributed by atoms with Crippen LogP contribution in [0.4, 0.5) is 0 Å². The summed E-state index contributed by atoms with van der Waals surface area (Å²) in [6.07, 6.45) is 0. The Morgan fingerprint density at radius 2 is 2.25 bits per heavy atom. The van der Waals surface area contributed by atoms with Gasteiger partial charge in [0.25, 0.3) is 5.91 Å². The maximum atomic E-state index is 10.9. The first-order valence-corrected chi connectivity index (χ1v) is 3.01. The molecule has 12 heavy (non-hydrogen) atoms. The Balaban J connectivity index is 2.83. The van der Waals surface area contributed by atoms with E-state index in [4.69, 9.17) is 10.8 Å². The minimum absolute atomic E-state index is 0.256. The van der Waals surface area contributed by atoms with Gasteiger partial charge in [0.15, 0.2) is 5.70 Å². The van der Waals surface area contributed by atoms with Crippen molar-refractivity contribution < 1.29 is 14.7 Å². The molecule has 7 heteroatoms. The maximum absolute atomic E-state index is 10.9. The van der Waals surface area contributed by atoms with Gasteiger partial charge in [-0.05, 0) is 0 Å². The summed E-state index contributed by atoms with van der Waals surface area (Å²) in [6.45, 7) is -0.542. The zero-order chi connectivity index (χ0) is 9.14. The van der Waals surface area contributed by atoms with Crippen LogP contribution < -0.4 is 11.1 Å². The SMILES string of the molecule is NC1=C(C(=O)NCO)N=NC1=O. The standard InChI is InChI=1S/C5H6N4O3/c6-2-3(5(12)7-1-10)8-9-4(2)11/h10H,1H2,(H,7,12)(H2,6,9,11). The third-order valence-electron chi connectivity index (χ3n) is 1.18. The Morgan fingerprint density at radius 3 is 2.67 bits per heavy atom. The Bertz CT molecular complexity index is 293. The van der Waals surface area contributed by atoms with Crippen LogP contribution >= 0.6 is 0 Å². The van der Waals surface area contributed by atoms with Crippen molar-refractivity contribution in [1.82, 2.24) is 5.32 Å². The third kappa shape index (κ3) is 1.30. The van der Waals surface area contributed by atoms with Gasteiger partial charge in [-0.3, -0.25) is 9.59 Å². The number of carbonyl (C=O) groups is 2. The highest BCUT2D eigenvalue weighted by Gasteiger charge is 2.23.